The van der Waals surface area contributed by atoms with Crippen molar-refractivity contribution >= 4 is 11.8 Å². The molecule has 24 heavy (non-hydrogen) atoms. The third-order valence-corrected chi connectivity index (χ3v) is 5.61. The number of hydrogen-bond donors (Lipinski definition) is 1. The summed E-state index contributed by atoms with van der Waals surface area (Å²) in [5, 5.41) is 3.09. The Labute approximate surface area is 145 Å². The topological polar surface area (TPSA) is 55.9 Å². The monoisotopic (exact) mass is 336 g/mol. The first kappa shape index (κ1) is 17.7. The number of carbonyl (C=O) groups is 2. The van der Waals surface area contributed by atoms with Crippen LogP contribution in [0.15, 0.2) is 0 Å². The van der Waals surface area contributed by atoms with E-state index in [-0.39, 0.29) is 11.9 Å². The SMILES string of the molecule is C[C@H](C(=O)NC1CC1)N1CCN(CCC(=O)N2CCCCC2)CC1. The van der Waals surface area contributed by atoms with Crippen LogP contribution in [0.1, 0.15) is 45.4 Å². The second kappa shape index (κ2) is 8.30. The van der Waals surface area contributed by atoms with E-state index in [1.165, 1.54) is 6.42 Å². The van der Waals surface area contributed by atoms with Gasteiger partial charge in [0, 0.05) is 58.3 Å². The van der Waals surface area contributed by atoms with Gasteiger partial charge in [0.05, 0.1) is 6.04 Å². The summed E-state index contributed by atoms with van der Waals surface area (Å²) in [5.74, 6) is 0.487. The fourth-order valence-electron chi connectivity index (χ4n) is 3.64. The van der Waals surface area contributed by atoms with Gasteiger partial charge in [-0.3, -0.25) is 14.5 Å². The Morgan fingerprint density at radius 3 is 2.29 bits per heavy atom. The van der Waals surface area contributed by atoms with Crippen LogP contribution in [0, 0.1) is 0 Å². The van der Waals surface area contributed by atoms with Gasteiger partial charge in [0.15, 0.2) is 0 Å². The summed E-state index contributed by atoms with van der Waals surface area (Å²) in [6.07, 6.45) is 6.49. The highest BCUT2D eigenvalue weighted by Crippen LogP contribution is 2.19. The van der Waals surface area contributed by atoms with Gasteiger partial charge < -0.3 is 15.1 Å². The van der Waals surface area contributed by atoms with E-state index in [4.69, 9.17) is 0 Å². The zero-order chi connectivity index (χ0) is 16.9. The Morgan fingerprint density at radius 2 is 1.67 bits per heavy atom. The Hall–Kier alpha value is -1.14. The summed E-state index contributed by atoms with van der Waals surface area (Å²) in [7, 11) is 0. The second-order valence-electron chi connectivity index (χ2n) is 7.53. The maximum atomic E-state index is 12.2. The van der Waals surface area contributed by atoms with E-state index in [0.29, 0.717) is 18.4 Å². The number of piperazine rings is 1. The average molecular weight is 336 g/mol. The van der Waals surface area contributed by atoms with Crippen LogP contribution >= 0.6 is 0 Å². The molecule has 1 atom stereocenters. The molecule has 0 unspecified atom stereocenters. The van der Waals surface area contributed by atoms with Gasteiger partial charge in [0.1, 0.15) is 0 Å². The van der Waals surface area contributed by atoms with Crippen molar-refractivity contribution < 1.29 is 9.59 Å². The molecule has 6 nitrogen and oxygen atoms in total. The molecule has 0 aromatic carbocycles. The summed E-state index contributed by atoms with van der Waals surface area (Å²) in [6, 6.07) is 0.393. The minimum Gasteiger partial charge on any atom is -0.352 e. The number of amides is 2. The molecule has 136 valence electrons. The van der Waals surface area contributed by atoms with Gasteiger partial charge in [-0.25, -0.2) is 0 Å². The second-order valence-corrected chi connectivity index (χ2v) is 7.53. The van der Waals surface area contributed by atoms with E-state index in [1.807, 2.05) is 11.8 Å². The highest BCUT2D eigenvalue weighted by molar-refractivity contribution is 5.81. The van der Waals surface area contributed by atoms with Crippen molar-refractivity contribution in [3.05, 3.63) is 0 Å². The quantitative estimate of drug-likeness (QED) is 0.775. The van der Waals surface area contributed by atoms with Gasteiger partial charge in [-0.2, -0.15) is 0 Å². The summed E-state index contributed by atoms with van der Waals surface area (Å²) < 4.78 is 0. The Bertz CT molecular complexity index is 438. The summed E-state index contributed by atoms with van der Waals surface area (Å²) in [6.45, 7) is 8.48. The Kier molecular flexibility index (Phi) is 6.11. The van der Waals surface area contributed by atoms with Crippen LogP contribution < -0.4 is 5.32 Å². The number of likely N-dealkylation sites (tertiary alicyclic amines) is 1. The molecule has 0 spiro atoms. The van der Waals surface area contributed by atoms with Crippen molar-refractivity contribution in [3.63, 3.8) is 0 Å². The molecule has 0 aromatic heterocycles. The molecular formula is C18H32N4O2. The van der Waals surface area contributed by atoms with Crippen LogP contribution in [0.3, 0.4) is 0 Å². The molecule has 2 heterocycles. The van der Waals surface area contributed by atoms with E-state index >= 15 is 0 Å². The van der Waals surface area contributed by atoms with Crippen molar-refractivity contribution in [2.45, 2.75) is 57.5 Å². The van der Waals surface area contributed by atoms with E-state index in [0.717, 1.165) is 71.5 Å². The minimum absolute atomic E-state index is 0.0391. The van der Waals surface area contributed by atoms with Crippen LogP contribution in [-0.2, 0) is 9.59 Å². The molecule has 6 heteroatoms. The molecule has 2 amide bonds. The largest absolute Gasteiger partial charge is 0.352 e. The van der Waals surface area contributed by atoms with Crippen molar-refractivity contribution in [1.82, 2.24) is 20.0 Å². The molecule has 1 N–H and O–H groups in total. The predicted molar refractivity (Wildman–Crippen MR) is 93.7 cm³/mol. The first-order chi connectivity index (χ1) is 11.6. The first-order valence-electron chi connectivity index (χ1n) is 9.68. The fourth-order valence-corrected chi connectivity index (χ4v) is 3.64. The van der Waals surface area contributed by atoms with Gasteiger partial charge in [-0.15, -0.1) is 0 Å². The molecule has 0 bridgehead atoms. The van der Waals surface area contributed by atoms with Gasteiger partial charge in [-0.05, 0) is 39.0 Å². The maximum Gasteiger partial charge on any atom is 0.237 e. The standard InChI is InChI=1S/C18H32N4O2/c1-15(18(24)19-16-5-6-16)21-13-11-20(12-14-21)10-7-17(23)22-8-3-2-4-9-22/h15-16H,2-14H2,1H3,(H,19,24)/t15-/m1/s1. The van der Waals surface area contributed by atoms with Crippen LogP contribution in [0.25, 0.3) is 0 Å². The lowest BCUT2D eigenvalue weighted by molar-refractivity contribution is -0.132. The third kappa shape index (κ3) is 4.93. The Morgan fingerprint density at radius 1 is 1.00 bits per heavy atom. The molecule has 2 saturated heterocycles. The number of nitrogens with one attached hydrogen (secondary N) is 1. The summed E-state index contributed by atoms with van der Waals surface area (Å²) in [5.41, 5.74) is 0. The lowest BCUT2D eigenvalue weighted by Crippen LogP contribution is -2.54. The van der Waals surface area contributed by atoms with Gasteiger partial charge in [-0.1, -0.05) is 0 Å². The highest BCUT2D eigenvalue weighted by Gasteiger charge is 2.30. The highest BCUT2D eigenvalue weighted by atomic mass is 16.2. The number of hydrogen-bond acceptors (Lipinski definition) is 4. The molecule has 0 radical (unpaired) electrons. The average Bonchev–Trinajstić information content (AvgIpc) is 3.44. The number of rotatable bonds is 6. The molecule has 0 aromatic rings. The smallest absolute Gasteiger partial charge is 0.237 e. The maximum absolute atomic E-state index is 12.2. The fraction of sp³-hybridized carbons (Fsp3) is 0.889. The third-order valence-electron chi connectivity index (χ3n) is 5.61. The molecule has 3 rings (SSSR count). The lowest BCUT2D eigenvalue weighted by atomic mass is 10.1. The van der Waals surface area contributed by atoms with Crippen LogP contribution in [0.5, 0.6) is 0 Å². The minimum atomic E-state index is -0.0391. The zero-order valence-corrected chi connectivity index (χ0v) is 15.0. The van der Waals surface area contributed by atoms with Crippen LogP contribution in [-0.4, -0.2) is 84.4 Å². The van der Waals surface area contributed by atoms with Gasteiger partial charge >= 0.3 is 0 Å². The summed E-state index contributed by atoms with van der Waals surface area (Å²) in [4.78, 5) is 31.1. The molecule has 1 saturated carbocycles. The van der Waals surface area contributed by atoms with E-state index in [9.17, 15) is 9.59 Å². The Balaban J connectivity index is 1.34. The lowest BCUT2D eigenvalue weighted by Gasteiger charge is -2.37. The number of carbonyl (C=O) groups excluding carboxylic acids is 2. The van der Waals surface area contributed by atoms with E-state index in [1.54, 1.807) is 0 Å². The summed E-state index contributed by atoms with van der Waals surface area (Å²) >= 11 is 0. The van der Waals surface area contributed by atoms with E-state index in [2.05, 4.69) is 15.1 Å². The van der Waals surface area contributed by atoms with Crippen molar-refractivity contribution in [2.24, 2.45) is 0 Å². The van der Waals surface area contributed by atoms with E-state index < -0.39 is 0 Å². The van der Waals surface area contributed by atoms with Crippen molar-refractivity contribution in [3.8, 4) is 0 Å². The number of piperidine rings is 1. The molecule has 3 fully saturated rings. The van der Waals surface area contributed by atoms with Crippen molar-refractivity contribution in [2.75, 3.05) is 45.8 Å². The molecule has 3 aliphatic rings. The predicted octanol–water partition coefficient (Wildman–Crippen LogP) is 0.674. The van der Waals surface area contributed by atoms with Gasteiger partial charge in [0.2, 0.25) is 11.8 Å². The van der Waals surface area contributed by atoms with Gasteiger partial charge in [0.25, 0.3) is 0 Å². The molecular weight excluding hydrogens is 304 g/mol. The normalized spacial score (nSPS) is 24.6. The number of nitrogens with zero attached hydrogens (tertiary/aromatic N) is 3. The van der Waals surface area contributed by atoms with Crippen molar-refractivity contribution in [1.29, 1.82) is 0 Å². The zero-order valence-electron chi connectivity index (χ0n) is 15.0. The van der Waals surface area contributed by atoms with Crippen LogP contribution in [0.2, 0.25) is 0 Å². The molecule has 1 aliphatic carbocycles. The van der Waals surface area contributed by atoms with Crippen LogP contribution in [0.4, 0.5) is 0 Å². The first-order valence-corrected chi connectivity index (χ1v) is 9.68. The molecule has 2 aliphatic heterocycles.